The summed E-state index contributed by atoms with van der Waals surface area (Å²) >= 11 is 1.44. The molecule has 1 aromatic carbocycles. The minimum atomic E-state index is -0.350. The summed E-state index contributed by atoms with van der Waals surface area (Å²) < 4.78 is 10.5. The van der Waals surface area contributed by atoms with Gasteiger partial charge in [0.25, 0.3) is 5.91 Å². The van der Waals surface area contributed by atoms with E-state index in [0.29, 0.717) is 35.0 Å². The lowest BCUT2D eigenvalue weighted by atomic mass is 10.1. The molecule has 1 unspecified atom stereocenters. The van der Waals surface area contributed by atoms with Gasteiger partial charge in [-0.15, -0.1) is 11.3 Å². The molecule has 2 N–H and O–H groups in total. The molecule has 4 rings (SSSR count). The molecule has 2 amide bonds. The van der Waals surface area contributed by atoms with Crippen LogP contribution in [0.2, 0.25) is 0 Å². The van der Waals surface area contributed by atoms with Crippen LogP contribution < -0.4 is 25.1 Å². The molecule has 170 valence electrons. The second-order valence-electron chi connectivity index (χ2n) is 7.54. The van der Waals surface area contributed by atoms with Crippen LogP contribution >= 0.6 is 11.3 Å². The van der Waals surface area contributed by atoms with Gasteiger partial charge in [-0.3, -0.25) is 24.8 Å². The lowest BCUT2D eigenvalue weighted by Gasteiger charge is -2.39. The smallest absolute Gasteiger partial charge is 0.269 e. The average molecular weight is 458 g/mol. The predicted octanol–water partition coefficient (Wildman–Crippen LogP) is 3.45. The van der Waals surface area contributed by atoms with Gasteiger partial charge in [0.1, 0.15) is 22.2 Å². The monoisotopic (exact) mass is 457 g/mol. The van der Waals surface area contributed by atoms with Gasteiger partial charge in [-0.05, 0) is 17.9 Å². The summed E-state index contributed by atoms with van der Waals surface area (Å²) in [7, 11) is 3.13. The number of ether oxygens (including phenoxy) is 2. The van der Waals surface area contributed by atoms with E-state index in [9.17, 15) is 9.59 Å². The van der Waals surface area contributed by atoms with Crippen molar-refractivity contribution in [1.29, 1.82) is 0 Å². The van der Waals surface area contributed by atoms with Crippen LogP contribution in [0.25, 0.3) is 0 Å². The number of carbonyl (C=O) groups is 2. The van der Waals surface area contributed by atoms with Crippen molar-refractivity contribution in [2.24, 2.45) is 5.10 Å². The molecule has 0 spiro atoms. The number of amides is 2. The molecule has 0 aliphatic carbocycles. The summed E-state index contributed by atoms with van der Waals surface area (Å²) in [5.74, 6) is 1.82. The predicted molar refractivity (Wildman–Crippen MR) is 125 cm³/mol. The van der Waals surface area contributed by atoms with E-state index >= 15 is 0 Å². The van der Waals surface area contributed by atoms with Crippen LogP contribution in [0.15, 0.2) is 34.7 Å². The summed E-state index contributed by atoms with van der Waals surface area (Å²) in [5.41, 5.74) is 4.54. The van der Waals surface area contributed by atoms with Gasteiger partial charge in [-0.2, -0.15) is 5.10 Å². The van der Waals surface area contributed by atoms with Crippen LogP contribution in [0.1, 0.15) is 42.3 Å². The molecule has 2 aromatic rings. The third-order valence-electron chi connectivity index (χ3n) is 5.45. The van der Waals surface area contributed by atoms with Crippen molar-refractivity contribution in [2.45, 2.75) is 38.9 Å². The summed E-state index contributed by atoms with van der Waals surface area (Å²) in [6.07, 6.45) is 2.24. The number of thiophene rings is 1. The Morgan fingerprint density at radius 1 is 1.25 bits per heavy atom. The van der Waals surface area contributed by atoms with Gasteiger partial charge in [0.15, 0.2) is 0 Å². The molecule has 1 aromatic heterocycles. The zero-order chi connectivity index (χ0) is 22.7. The molecule has 9 nitrogen and oxygen atoms in total. The Bertz CT molecular complexity index is 1010. The van der Waals surface area contributed by atoms with Crippen LogP contribution in [-0.2, 0) is 4.79 Å². The number of rotatable bonds is 9. The molecule has 0 saturated heterocycles. The van der Waals surface area contributed by atoms with Crippen LogP contribution in [0, 0.1) is 0 Å². The molecule has 1 atom stereocenters. The highest BCUT2D eigenvalue weighted by Crippen LogP contribution is 2.37. The molecular formula is C22H27N5O4S. The van der Waals surface area contributed by atoms with E-state index in [0.717, 1.165) is 24.4 Å². The second kappa shape index (κ2) is 9.47. The molecule has 2 aliphatic heterocycles. The molecule has 10 heteroatoms. The summed E-state index contributed by atoms with van der Waals surface area (Å²) in [4.78, 5) is 30.1. The topological polar surface area (TPSA) is 95.5 Å². The van der Waals surface area contributed by atoms with Crippen LogP contribution in [-0.4, -0.2) is 49.6 Å². The molecule has 0 radical (unpaired) electrons. The van der Waals surface area contributed by atoms with E-state index in [1.54, 1.807) is 32.4 Å². The fraction of sp³-hybridized carbons (Fsp3) is 0.409. The summed E-state index contributed by atoms with van der Waals surface area (Å²) in [6, 6.07) is 7.16. The molecule has 0 saturated carbocycles. The van der Waals surface area contributed by atoms with Gasteiger partial charge in [0.05, 0.1) is 19.9 Å². The van der Waals surface area contributed by atoms with Crippen LogP contribution in [0.4, 0.5) is 11.4 Å². The maximum Gasteiger partial charge on any atom is 0.269 e. The fourth-order valence-electron chi connectivity index (χ4n) is 3.82. The highest BCUT2D eigenvalue weighted by Gasteiger charge is 2.43. The third-order valence-corrected chi connectivity index (χ3v) is 6.34. The van der Waals surface area contributed by atoms with Crippen molar-refractivity contribution >= 4 is 40.4 Å². The van der Waals surface area contributed by atoms with Crippen molar-refractivity contribution in [3.63, 3.8) is 0 Å². The van der Waals surface area contributed by atoms with Gasteiger partial charge in [-0.25, -0.2) is 0 Å². The van der Waals surface area contributed by atoms with Gasteiger partial charge < -0.3 is 14.8 Å². The Balaban J connectivity index is 1.44. The van der Waals surface area contributed by atoms with Crippen molar-refractivity contribution in [2.75, 3.05) is 31.0 Å². The number of carbonyl (C=O) groups excluding carboxylic acids is 2. The van der Waals surface area contributed by atoms with Gasteiger partial charge >= 0.3 is 0 Å². The number of nitrogens with zero attached hydrogens (tertiary/aromatic N) is 3. The third kappa shape index (κ3) is 4.22. The largest absolute Gasteiger partial charge is 0.497 e. The minimum Gasteiger partial charge on any atom is -0.497 e. The van der Waals surface area contributed by atoms with E-state index in [1.165, 1.54) is 11.3 Å². The van der Waals surface area contributed by atoms with E-state index in [2.05, 4.69) is 22.8 Å². The summed E-state index contributed by atoms with van der Waals surface area (Å²) in [5, 5.41) is 9.28. The molecule has 3 heterocycles. The first-order valence-corrected chi connectivity index (χ1v) is 11.5. The lowest BCUT2D eigenvalue weighted by Crippen LogP contribution is -2.58. The first-order chi connectivity index (χ1) is 15.5. The number of unbranched alkanes of at least 4 members (excludes halogenated alkanes) is 1. The molecule has 2 aliphatic rings. The van der Waals surface area contributed by atoms with E-state index < -0.39 is 0 Å². The molecule has 0 bridgehead atoms. The van der Waals surface area contributed by atoms with Crippen molar-refractivity contribution < 1.29 is 19.1 Å². The number of hydrogen-bond acceptors (Lipinski definition) is 8. The van der Waals surface area contributed by atoms with Gasteiger partial charge in [0.2, 0.25) is 12.2 Å². The quantitative estimate of drug-likeness (QED) is 0.599. The SMILES string of the molecule is CCCCN1C(=O)c2sccc2N2C(CCC(=O)Nc3cc(OC)cc(OC)c3)=NNC12. The van der Waals surface area contributed by atoms with Crippen molar-refractivity contribution in [3.05, 3.63) is 34.5 Å². The van der Waals surface area contributed by atoms with Gasteiger partial charge in [0, 0.05) is 43.3 Å². The highest BCUT2D eigenvalue weighted by atomic mass is 32.1. The summed E-state index contributed by atoms with van der Waals surface area (Å²) in [6.45, 7) is 2.76. The number of benzene rings is 1. The number of methoxy groups -OCH3 is 2. The zero-order valence-electron chi connectivity index (χ0n) is 18.4. The Labute approximate surface area is 191 Å². The number of hydrazone groups is 1. The van der Waals surface area contributed by atoms with E-state index in [4.69, 9.17) is 9.47 Å². The minimum absolute atomic E-state index is 0.0263. The first-order valence-electron chi connectivity index (χ1n) is 10.6. The van der Waals surface area contributed by atoms with E-state index in [1.807, 2.05) is 21.2 Å². The average Bonchev–Trinajstić information content (AvgIpc) is 3.44. The van der Waals surface area contributed by atoms with Gasteiger partial charge in [-0.1, -0.05) is 13.3 Å². The Hall–Kier alpha value is -3.27. The highest BCUT2D eigenvalue weighted by molar-refractivity contribution is 7.12. The molecule has 32 heavy (non-hydrogen) atoms. The first kappa shape index (κ1) is 21.9. The van der Waals surface area contributed by atoms with Crippen molar-refractivity contribution in [1.82, 2.24) is 10.3 Å². The maximum absolute atomic E-state index is 12.9. The van der Waals surface area contributed by atoms with E-state index in [-0.39, 0.29) is 24.5 Å². The number of hydrogen-bond donors (Lipinski definition) is 2. The molecule has 0 fully saturated rings. The molecular weight excluding hydrogens is 430 g/mol. The second-order valence-corrected chi connectivity index (χ2v) is 8.45. The zero-order valence-corrected chi connectivity index (χ0v) is 19.2. The standard InChI is InChI=1S/C22H27N5O4S/c1-4-5-9-26-21(29)20-17(8-10-32-20)27-18(24-25-22(26)27)6-7-19(28)23-14-11-15(30-2)13-16(12-14)31-3/h8,10-13,22,25H,4-7,9H2,1-3H3,(H,23,28). The number of anilines is 2. The number of amidine groups is 1. The lowest BCUT2D eigenvalue weighted by molar-refractivity contribution is -0.116. The van der Waals surface area contributed by atoms with Crippen LogP contribution in [0.5, 0.6) is 11.5 Å². The number of nitrogens with one attached hydrogen (secondary N) is 2. The Morgan fingerprint density at radius 2 is 2.00 bits per heavy atom. The fourth-order valence-corrected chi connectivity index (χ4v) is 4.65. The normalized spacial score (nSPS) is 16.8. The van der Waals surface area contributed by atoms with Crippen LogP contribution in [0.3, 0.4) is 0 Å². The Morgan fingerprint density at radius 3 is 2.69 bits per heavy atom. The number of fused-ring (bicyclic) bond motifs is 3. The Kier molecular flexibility index (Phi) is 6.50. The maximum atomic E-state index is 12.9. The van der Waals surface area contributed by atoms with Crippen molar-refractivity contribution in [3.8, 4) is 11.5 Å².